The van der Waals surface area contributed by atoms with E-state index in [2.05, 4.69) is 10.2 Å². The van der Waals surface area contributed by atoms with Crippen LogP contribution in [0.4, 0.5) is 0 Å². The van der Waals surface area contributed by atoms with Crippen LogP contribution in [0.3, 0.4) is 0 Å². The first-order valence-electron chi connectivity index (χ1n) is 6.83. The second kappa shape index (κ2) is 4.52. The van der Waals surface area contributed by atoms with Crippen LogP contribution in [0.15, 0.2) is 0 Å². The molecule has 17 heavy (non-hydrogen) atoms. The van der Waals surface area contributed by atoms with Crippen LogP contribution in [0.5, 0.6) is 0 Å². The predicted molar refractivity (Wildman–Crippen MR) is 67.8 cm³/mol. The highest BCUT2D eigenvalue weighted by Crippen LogP contribution is 2.30. The van der Waals surface area contributed by atoms with E-state index in [-0.39, 0.29) is 6.04 Å². The number of sulfone groups is 1. The van der Waals surface area contributed by atoms with Crippen molar-refractivity contribution in [1.82, 2.24) is 10.2 Å². The highest BCUT2D eigenvalue weighted by molar-refractivity contribution is 7.91. The molecule has 2 heterocycles. The molecule has 3 aliphatic rings. The molecule has 2 saturated heterocycles. The van der Waals surface area contributed by atoms with Crippen LogP contribution in [0.2, 0.25) is 0 Å². The summed E-state index contributed by atoms with van der Waals surface area (Å²) >= 11 is 0. The average Bonchev–Trinajstić information content (AvgIpc) is 2.99. The van der Waals surface area contributed by atoms with Crippen LogP contribution in [-0.4, -0.2) is 56.0 Å². The fraction of sp³-hybridized carbons (Fsp3) is 1.00. The Morgan fingerprint density at radius 1 is 1.06 bits per heavy atom. The van der Waals surface area contributed by atoms with E-state index in [0.29, 0.717) is 17.5 Å². The third-order valence-electron chi connectivity index (χ3n) is 4.22. The molecule has 2 unspecified atom stereocenters. The number of rotatable bonds is 3. The number of nitrogens with zero attached hydrogens (tertiary/aromatic N) is 1. The first kappa shape index (κ1) is 11.9. The molecule has 0 aromatic rings. The first-order valence-corrected chi connectivity index (χ1v) is 8.65. The normalized spacial score (nSPS) is 38.4. The van der Waals surface area contributed by atoms with Crippen LogP contribution in [0.1, 0.15) is 32.1 Å². The fourth-order valence-corrected chi connectivity index (χ4v) is 4.83. The third-order valence-corrected chi connectivity index (χ3v) is 6.04. The summed E-state index contributed by atoms with van der Waals surface area (Å²) in [5.41, 5.74) is 0. The van der Waals surface area contributed by atoms with E-state index in [4.69, 9.17) is 0 Å². The smallest absolute Gasteiger partial charge is 0.151 e. The Balaban J connectivity index is 1.50. The summed E-state index contributed by atoms with van der Waals surface area (Å²) in [6.07, 6.45) is 5.78. The monoisotopic (exact) mass is 258 g/mol. The maximum Gasteiger partial charge on any atom is 0.151 e. The van der Waals surface area contributed by atoms with Gasteiger partial charge in [-0.1, -0.05) is 0 Å². The van der Waals surface area contributed by atoms with Crippen molar-refractivity contribution in [3.63, 3.8) is 0 Å². The number of hydrogen-bond acceptors (Lipinski definition) is 4. The van der Waals surface area contributed by atoms with Gasteiger partial charge in [0, 0.05) is 31.2 Å². The van der Waals surface area contributed by atoms with E-state index < -0.39 is 9.84 Å². The molecule has 98 valence electrons. The van der Waals surface area contributed by atoms with Crippen molar-refractivity contribution in [3.05, 3.63) is 0 Å². The van der Waals surface area contributed by atoms with Crippen LogP contribution in [-0.2, 0) is 9.84 Å². The van der Waals surface area contributed by atoms with E-state index >= 15 is 0 Å². The highest BCUT2D eigenvalue weighted by Gasteiger charge is 2.35. The molecular weight excluding hydrogens is 236 g/mol. The maximum absolute atomic E-state index is 11.6. The fourth-order valence-electron chi connectivity index (χ4n) is 3.18. The van der Waals surface area contributed by atoms with Gasteiger partial charge >= 0.3 is 0 Å². The standard InChI is InChI=1S/C12H22N2O2S/c15-17(16)7-1-2-11(9-17)13-10-5-6-14(8-10)12-3-4-12/h10-13H,1-9H2. The molecule has 3 rings (SSSR count). The summed E-state index contributed by atoms with van der Waals surface area (Å²) in [5.74, 6) is 0.747. The highest BCUT2D eigenvalue weighted by atomic mass is 32.2. The zero-order chi connectivity index (χ0) is 11.9. The second-order valence-corrected chi connectivity index (χ2v) is 8.06. The predicted octanol–water partition coefficient (Wildman–Crippen LogP) is 0.390. The summed E-state index contributed by atoms with van der Waals surface area (Å²) in [4.78, 5) is 2.56. The van der Waals surface area contributed by atoms with Gasteiger partial charge in [0.25, 0.3) is 0 Å². The van der Waals surface area contributed by atoms with Crippen LogP contribution in [0.25, 0.3) is 0 Å². The SMILES string of the molecule is O=S1(=O)CCCC(NC2CCN(C3CC3)C2)C1. The van der Waals surface area contributed by atoms with Crippen LogP contribution < -0.4 is 5.32 Å². The number of likely N-dealkylation sites (tertiary alicyclic amines) is 1. The van der Waals surface area contributed by atoms with E-state index in [1.165, 1.54) is 25.8 Å². The largest absolute Gasteiger partial charge is 0.309 e. The number of hydrogen-bond donors (Lipinski definition) is 1. The Kier molecular flexibility index (Phi) is 3.17. The van der Waals surface area contributed by atoms with Gasteiger partial charge in [-0.05, 0) is 32.1 Å². The van der Waals surface area contributed by atoms with E-state index in [9.17, 15) is 8.42 Å². The van der Waals surface area contributed by atoms with E-state index in [1.807, 2.05) is 0 Å². The molecule has 2 atom stereocenters. The number of nitrogens with one attached hydrogen (secondary N) is 1. The van der Waals surface area contributed by atoms with Gasteiger partial charge in [-0.3, -0.25) is 4.90 Å². The molecule has 0 aromatic carbocycles. The molecular formula is C12H22N2O2S. The lowest BCUT2D eigenvalue weighted by atomic mass is 10.1. The van der Waals surface area contributed by atoms with Gasteiger partial charge in [0.1, 0.15) is 0 Å². The molecule has 3 fully saturated rings. The summed E-state index contributed by atoms with van der Waals surface area (Å²) < 4.78 is 23.1. The Bertz CT molecular complexity index is 378. The van der Waals surface area contributed by atoms with Gasteiger partial charge in [0.05, 0.1) is 11.5 Å². The van der Waals surface area contributed by atoms with Gasteiger partial charge in [0.2, 0.25) is 0 Å². The van der Waals surface area contributed by atoms with Crippen molar-refractivity contribution in [2.75, 3.05) is 24.6 Å². The molecule has 1 N–H and O–H groups in total. The minimum absolute atomic E-state index is 0.206. The third kappa shape index (κ3) is 3.01. The Morgan fingerprint density at radius 2 is 1.88 bits per heavy atom. The second-order valence-electron chi connectivity index (χ2n) is 5.83. The lowest BCUT2D eigenvalue weighted by molar-refractivity contribution is 0.311. The van der Waals surface area contributed by atoms with Gasteiger partial charge in [0.15, 0.2) is 9.84 Å². The van der Waals surface area contributed by atoms with Crippen molar-refractivity contribution in [3.8, 4) is 0 Å². The summed E-state index contributed by atoms with van der Waals surface area (Å²) in [6.45, 7) is 2.32. The summed E-state index contributed by atoms with van der Waals surface area (Å²) in [5, 5.41) is 3.57. The quantitative estimate of drug-likeness (QED) is 0.795. The molecule has 1 aliphatic carbocycles. The van der Waals surface area contributed by atoms with Crippen molar-refractivity contribution in [1.29, 1.82) is 0 Å². The molecule has 1 saturated carbocycles. The minimum Gasteiger partial charge on any atom is -0.309 e. The molecule has 4 nitrogen and oxygen atoms in total. The van der Waals surface area contributed by atoms with E-state index in [1.54, 1.807) is 0 Å². The van der Waals surface area contributed by atoms with Crippen LogP contribution in [0, 0.1) is 0 Å². The molecule has 0 spiro atoms. The molecule has 0 bridgehead atoms. The van der Waals surface area contributed by atoms with Gasteiger partial charge in [-0.25, -0.2) is 8.42 Å². The molecule has 0 amide bonds. The molecule has 5 heteroatoms. The molecule has 0 radical (unpaired) electrons. The molecule has 0 aromatic heterocycles. The minimum atomic E-state index is -2.77. The zero-order valence-electron chi connectivity index (χ0n) is 10.3. The van der Waals surface area contributed by atoms with Crippen molar-refractivity contribution in [2.24, 2.45) is 0 Å². The van der Waals surface area contributed by atoms with Crippen molar-refractivity contribution >= 4 is 9.84 Å². The Labute approximate surface area is 104 Å². The maximum atomic E-state index is 11.6. The summed E-state index contributed by atoms with van der Waals surface area (Å²) in [6, 6.07) is 1.57. The van der Waals surface area contributed by atoms with Crippen LogP contribution >= 0.6 is 0 Å². The Morgan fingerprint density at radius 3 is 2.59 bits per heavy atom. The first-order chi connectivity index (χ1) is 8.12. The Hall–Kier alpha value is -0.130. The topological polar surface area (TPSA) is 49.4 Å². The lowest BCUT2D eigenvalue weighted by Gasteiger charge is -2.26. The van der Waals surface area contributed by atoms with Crippen molar-refractivity contribution in [2.45, 2.75) is 50.2 Å². The van der Waals surface area contributed by atoms with E-state index in [0.717, 1.165) is 25.4 Å². The molecule has 2 aliphatic heterocycles. The van der Waals surface area contributed by atoms with Gasteiger partial charge < -0.3 is 5.32 Å². The van der Waals surface area contributed by atoms with Gasteiger partial charge in [-0.2, -0.15) is 0 Å². The van der Waals surface area contributed by atoms with Gasteiger partial charge in [-0.15, -0.1) is 0 Å². The van der Waals surface area contributed by atoms with Crippen molar-refractivity contribution < 1.29 is 8.42 Å². The lowest BCUT2D eigenvalue weighted by Crippen LogP contribution is -2.46. The average molecular weight is 258 g/mol. The summed E-state index contributed by atoms with van der Waals surface area (Å²) in [7, 11) is -2.77. The zero-order valence-corrected chi connectivity index (χ0v) is 11.1.